The lowest BCUT2D eigenvalue weighted by atomic mass is 10.1. The van der Waals surface area contributed by atoms with E-state index in [4.69, 9.17) is 20.9 Å². The summed E-state index contributed by atoms with van der Waals surface area (Å²) in [6, 6.07) is 9.94. The van der Waals surface area contributed by atoms with E-state index in [1.807, 2.05) is 6.92 Å². The maximum absolute atomic E-state index is 13.0. The van der Waals surface area contributed by atoms with Crippen LogP contribution in [0.4, 0.5) is 13.2 Å². The van der Waals surface area contributed by atoms with Gasteiger partial charge in [0.25, 0.3) is 5.89 Å². The normalized spacial score (nSPS) is 11.6. The molecule has 0 aliphatic rings. The van der Waals surface area contributed by atoms with Gasteiger partial charge in [-0.15, -0.1) is 0 Å². The van der Waals surface area contributed by atoms with Gasteiger partial charge in [-0.3, -0.25) is 5.10 Å². The van der Waals surface area contributed by atoms with Crippen LogP contribution in [0.25, 0.3) is 34.1 Å². The lowest BCUT2D eigenvalue weighted by molar-refractivity contribution is -0.137. The molecule has 0 spiro atoms. The summed E-state index contributed by atoms with van der Waals surface area (Å²) in [6.45, 7) is 2.34. The zero-order valence-corrected chi connectivity index (χ0v) is 16.3. The average molecular weight is 435 g/mol. The molecule has 0 aliphatic carbocycles. The predicted octanol–water partition coefficient (Wildman–Crippen LogP) is 5.86. The second-order valence-electron chi connectivity index (χ2n) is 6.24. The van der Waals surface area contributed by atoms with Gasteiger partial charge in [0.1, 0.15) is 5.75 Å². The van der Waals surface area contributed by atoms with Gasteiger partial charge in [-0.1, -0.05) is 28.9 Å². The zero-order valence-electron chi connectivity index (χ0n) is 15.5. The minimum atomic E-state index is -4.47. The van der Waals surface area contributed by atoms with E-state index in [2.05, 4.69) is 20.3 Å². The summed E-state index contributed by atoms with van der Waals surface area (Å²) in [7, 11) is 0. The summed E-state index contributed by atoms with van der Waals surface area (Å²) in [5.41, 5.74) is 1.16. The third-order valence-corrected chi connectivity index (χ3v) is 4.56. The van der Waals surface area contributed by atoms with Gasteiger partial charge < -0.3 is 9.26 Å². The number of aromatic amines is 1. The fourth-order valence-corrected chi connectivity index (χ4v) is 3.12. The molecule has 4 aromatic rings. The number of ether oxygens (including phenoxy) is 1. The first kappa shape index (κ1) is 20.0. The lowest BCUT2D eigenvalue weighted by Crippen LogP contribution is -2.04. The van der Waals surface area contributed by atoms with Crippen molar-refractivity contribution in [3.63, 3.8) is 0 Å². The van der Waals surface area contributed by atoms with Gasteiger partial charge >= 0.3 is 6.18 Å². The highest BCUT2D eigenvalue weighted by Crippen LogP contribution is 2.35. The number of hydrogen-bond donors (Lipinski definition) is 1. The number of hydrogen-bond acceptors (Lipinski definition) is 5. The van der Waals surface area contributed by atoms with Crippen molar-refractivity contribution in [2.75, 3.05) is 6.61 Å². The maximum Gasteiger partial charge on any atom is 0.416 e. The van der Waals surface area contributed by atoms with E-state index in [-0.39, 0.29) is 17.3 Å². The van der Waals surface area contributed by atoms with Crippen LogP contribution in [0.15, 0.2) is 53.2 Å². The van der Waals surface area contributed by atoms with Crippen molar-refractivity contribution in [3.8, 4) is 39.8 Å². The Labute approximate surface area is 173 Å². The molecule has 0 aliphatic heterocycles. The first-order valence-corrected chi connectivity index (χ1v) is 9.22. The Bertz CT molecular complexity index is 1190. The Hall–Kier alpha value is -3.33. The van der Waals surface area contributed by atoms with Crippen LogP contribution in [-0.4, -0.2) is 26.9 Å². The van der Waals surface area contributed by atoms with Crippen molar-refractivity contribution in [2.24, 2.45) is 0 Å². The Balaban J connectivity index is 1.68. The van der Waals surface area contributed by atoms with Crippen molar-refractivity contribution in [1.29, 1.82) is 0 Å². The summed E-state index contributed by atoms with van der Waals surface area (Å²) >= 11 is 6.26. The SMILES string of the molecule is CCOc1ccc(-c2[nH]ncc2-c2nc(-c3cccc(C(F)(F)F)c3)no2)cc1Cl. The van der Waals surface area contributed by atoms with E-state index >= 15 is 0 Å². The van der Waals surface area contributed by atoms with E-state index in [0.717, 1.165) is 12.1 Å². The quantitative estimate of drug-likeness (QED) is 0.425. The number of alkyl halides is 3. The summed E-state index contributed by atoms with van der Waals surface area (Å²) < 4.78 is 49.6. The number of H-pyrrole nitrogens is 1. The van der Waals surface area contributed by atoms with Crippen molar-refractivity contribution in [3.05, 3.63) is 59.2 Å². The summed E-state index contributed by atoms with van der Waals surface area (Å²) in [6.07, 6.45) is -2.98. The second kappa shape index (κ2) is 7.83. The van der Waals surface area contributed by atoms with E-state index in [0.29, 0.717) is 34.2 Å². The number of halogens is 4. The van der Waals surface area contributed by atoms with Crippen LogP contribution in [-0.2, 0) is 6.18 Å². The third kappa shape index (κ3) is 3.88. The van der Waals surface area contributed by atoms with Gasteiger partial charge in [0.05, 0.1) is 34.6 Å². The van der Waals surface area contributed by atoms with Crippen LogP contribution in [0, 0.1) is 0 Å². The Morgan fingerprint density at radius 3 is 2.70 bits per heavy atom. The summed E-state index contributed by atoms with van der Waals surface area (Å²) in [5, 5.41) is 11.1. The van der Waals surface area contributed by atoms with Crippen LogP contribution in [0.1, 0.15) is 12.5 Å². The first-order valence-electron chi connectivity index (χ1n) is 8.84. The highest BCUT2D eigenvalue weighted by molar-refractivity contribution is 6.32. The van der Waals surface area contributed by atoms with Crippen molar-refractivity contribution >= 4 is 11.6 Å². The number of benzene rings is 2. The Morgan fingerprint density at radius 2 is 1.97 bits per heavy atom. The molecule has 154 valence electrons. The molecule has 0 radical (unpaired) electrons. The smallest absolute Gasteiger partial charge is 0.416 e. The first-order chi connectivity index (χ1) is 14.4. The minimum absolute atomic E-state index is 0.0352. The van der Waals surface area contributed by atoms with Crippen LogP contribution in [0.5, 0.6) is 5.75 Å². The van der Waals surface area contributed by atoms with Crippen molar-refractivity contribution in [2.45, 2.75) is 13.1 Å². The summed E-state index contributed by atoms with van der Waals surface area (Å²) in [4.78, 5) is 4.24. The highest BCUT2D eigenvalue weighted by Gasteiger charge is 2.31. The molecule has 4 rings (SSSR count). The molecule has 6 nitrogen and oxygen atoms in total. The fourth-order valence-electron chi connectivity index (χ4n) is 2.88. The van der Waals surface area contributed by atoms with Crippen LogP contribution >= 0.6 is 11.6 Å². The number of nitrogens with zero attached hydrogens (tertiary/aromatic N) is 3. The molecule has 30 heavy (non-hydrogen) atoms. The molecule has 2 aromatic heterocycles. The minimum Gasteiger partial charge on any atom is -0.492 e. The second-order valence-corrected chi connectivity index (χ2v) is 6.65. The van der Waals surface area contributed by atoms with E-state index in [1.165, 1.54) is 18.3 Å². The van der Waals surface area contributed by atoms with Gasteiger partial charge in [0.2, 0.25) is 5.82 Å². The molecule has 2 heterocycles. The van der Waals surface area contributed by atoms with Gasteiger partial charge in [-0.25, -0.2) is 0 Å². The van der Waals surface area contributed by atoms with Gasteiger partial charge in [0.15, 0.2) is 0 Å². The lowest BCUT2D eigenvalue weighted by Gasteiger charge is -2.07. The summed E-state index contributed by atoms with van der Waals surface area (Å²) in [5.74, 6) is 0.692. The highest BCUT2D eigenvalue weighted by atomic mass is 35.5. The molecule has 0 amide bonds. The molecule has 0 saturated carbocycles. The van der Waals surface area contributed by atoms with E-state index < -0.39 is 11.7 Å². The van der Waals surface area contributed by atoms with Crippen LogP contribution in [0.2, 0.25) is 5.02 Å². The Kier molecular flexibility index (Phi) is 5.21. The van der Waals surface area contributed by atoms with Crippen molar-refractivity contribution < 1.29 is 22.4 Å². The predicted molar refractivity (Wildman–Crippen MR) is 104 cm³/mol. The molecule has 0 saturated heterocycles. The van der Waals surface area contributed by atoms with E-state index in [1.54, 1.807) is 18.2 Å². The molecular formula is C20H14ClF3N4O2. The standard InChI is InChI=1S/C20H14ClF3N4O2/c1-2-29-16-7-6-11(9-15(16)21)17-14(10-25-27-17)19-26-18(28-30-19)12-4-3-5-13(8-12)20(22,23)24/h3-10H,2H2,1H3,(H,25,27). The molecule has 0 bridgehead atoms. The molecular weight excluding hydrogens is 421 g/mol. The van der Waals surface area contributed by atoms with Crippen LogP contribution in [0.3, 0.4) is 0 Å². The zero-order chi connectivity index (χ0) is 21.3. The molecule has 0 fully saturated rings. The molecule has 0 unspecified atom stereocenters. The third-order valence-electron chi connectivity index (χ3n) is 4.26. The topological polar surface area (TPSA) is 76.8 Å². The molecule has 10 heteroatoms. The molecule has 2 aromatic carbocycles. The fraction of sp³-hybridized carbons (Fsp3) is 0.150. The van der Waals surface area contributed by atoms with E-state index in [9.17, 15) is 13.2 Å². The number of aromatic nitrogens is 4. The maximum atomic E-state index is 13.0. The largest absolute Gasteiger partial charge is 0.492 e. The molecule has 1 N–H and O–H groups in total. The van der Waals surface area contributed by atoms with Crippen LogP contribution < -0.4 is 4.74 Å². The Morgan fingerprint density at radius 1 is 1.13 bits per heavy atom. The number of nitrogens with one attached hydrogen (secondary N) is 1. The monoisotopic (exact) mass is 434 g/mol. The average Bonchev–Trinajstić information content (AvgIpc) is 3.38. The van der Waals surface area contributed by atoms with Gasteiger partial charge in [0, 0.05) is 11.1 Å². The van der Waals surface area contributed by atoms with Gasteiger partial charge in [-0.2, -0.15) is 23.3 Å². The molecule has 0 atom stereocenters. The van der Waals surface area contributed by atoms with Crippen molar-refractivity contribution in [1.82, 2.24) is 20.3 Å². The number of rotatable bonds is 5. The van der Waals surface area contributed by atoms with Gasteiger partial charge in [-0.05, 0) is 37.3 Å².